The van der Waals surface area contributed by atoms with E-state index in [1.54, 1.807) is 11.1 Å². The molecule has 0 N–H and O–H groups in total. The minimum absolute atomic E-state index is 0.883. The van der Waals surface area contributed by atoms with Crippen LogP contribution >= 0.6 is 0 Å². The summed E-state index contributed by atoms with van der Waals surface area (Å²) < 4.78 is 0. The summed E-state index contributed by atoms with van der Waals surface area (Å²) in [4.78, 5) is 2.40. The zero-order chi connectivity index (χ0) is 17.8. The molecule has 1 aliphatic carbocycles. The molecule has 1 rings (SSSR count). The number of rotatable bonds is 4. The third-order valence-corrected chi connectivity index (χ3v) is 3.55. The molecule has 1 unspecified atom stereocenters. The largest absolute Gasteiger partial charge is 0.307 e. The van der Waals surface area contributed by atoms with Crippen LogP contribution in [-0.2, 0) is 0 Å². The molecule has 0 aromatic carbocycles. The summed E-state index contributed by atoms with van der Waals surface area (Å²) in [5.74, 6) is 0.883. The Bertz CT molecular complexity index is 194. The standard InChI is InChI=1S/C12H23N.4C2H6/c1-5-13(4)9-8-12-7-6-10(2)11(12)3;4*1-2/h12H,5-9H2,1-4H3;4*1-2H3. The maximum atomic E-state index is 2.40. The summed E-state index contributed by atoms with van der Waals surface area (Å²) in [5.41, 5.74) is 3.31. The first-order chi connectivity index (χ1) is 10.1. The molecular weight excluding hydrogens is 254 g/mol. The molecule has 0 amide bonds. The Kier molecular flexibility index (Phi) is 33.9. The van der Waals surface area contributed by atoms with Crippen molar-refractivity contribution in [1.29, 1.82) is 0 Å². The molecule has 0 bridgehead atoms. The van der Waals surface area contributed by atoms with E-state index >= 15 is 0 Å². The average molecular weight is 302 g/mol. The Morgan fingerprint density at radius 3 is 1.62 bits per heavy atom. The lowest BCUT2D eigenvalue weighted by Crippen LogP contribution is -2.20. The zero-order valence-corrected chi connectivity index (χ0v) is 17.6. The quantitative estimate of drug-likeness (QED) is 0.497. The van der Waals surface area contributed by atoms with E-state index in [0.717, 1.165) is 5.92 Å². The molecule has 132 valence electrons. The summed E-state index contributed by atoms with van der Waals surface area (Å²) in [6.07, 6.45) is 4.09. The molecule has 0 aromatic heterocycles. The summed E-state index contributed by atoms with van der Waals surface area (Å²) in [7, 11) is 2.21. The number of nitrogens with zero attached hydrogens (tertiary/aromatic N) is 1. The first-order valence-corrected chi connectivity index (χ1v) is 9.50. The second-order valence-electron chi connectivity index (χ2n) is 4.38. The second kappa shape index (κ2) is 24.7. The first kappa shape index (κ1) is 28.8. The highest BCUT2D eigenvalue weighted by molar-refractivity contribution is 5.18. The van der Waals surface area contributed by atoms with Crippen molar-refractivity contribution in [3.63, 3.8) is 0 Å². The van der Waals surface area contributed by atoms with Gasteiger partial charge in [0.2, 0.25) is 0 Å². The molecule has 0 radical (unpaired) electrons. The van der Waals surface area contributed by atoms with Gasteiger partial charge in [-0.05, 0) is 59.2 Å². The van der Waals surface area contributed by atoms with Crippen LogP contribution < -0.4 is 0 Å². The van der Waals surface area contributed by atoms with Crippen LogP contribution in [-0.4, -0.2) is 25.0 Å². The van der Waals surface area contributed by atoms with Gasteiger partial charge in [-0.2, -0.15) is 0 Å². The fourth-order valence-corrected chi connectivity index (χ4v) is 2.05. The fourth-order valence-electron chi connectivity index (χ4n) is 2.05. The van der Waals surface area contributed by atoms with Crippen molar-refractivity contribution >= 4 is 0 Å². The van der Waals surface area contributed by atoms with Crippen LogP contribution in [0.3, 0.4) is 0 Å². The fraction of sp³-hybridized carbons (Fsp3) is 0.900. The minimum Gasteiger partial charge on any atom is -0.307 e. The van der Waals surface area contributed by atoms with Crippen molar-refractivity contribution in [2.75, 3.05) is 20.1 Å². The van der Waals surface area contributed by atoms with E-state index in [9.17, 15) is 0 Å². The van der Waals surface area contributed by atoms with Crippen molar-refractivity contribution in [2.45, 2.75) is 95.4 Å². The zero-order valence-electron chi connectivity index (χ0n) is 17.6. The van der Waals surface area contributed by atoms with Crippen molar-refractivity contribution in [3.05, 3.63) is 11.1 Å². The highest BCUT2D eigenvalue weighted by Gasteiger charge is 2.19. The van der Waals surface area contributed by atoms with E-state index in [0.29, 0.717) is 0 Å². The molecule has 0 spiro atoms. The molecule has 1 atom stereocenters. The van der Waals surface area contributed by atoms with Gasteiger partial charge >= 0.3 is 0 Å². The van der Waals surface area contributed by atoms with Crippen molar-refractivity contribution < 1.29 is 0 Å². The molecule has 0 saturated heterocycles. The second-order valence-corrected chi connectivity index (χ2v) is 4.38. The Labute approximate surface area is 138 Å². The monoisotopic (exact) mass is 301 g/mol. The van der Waals surface area contributed by atoms with Gasteiger partial charge in [0.15, 0.2) is 0 Å². The maximum Gasteiger partial charge on any atom is -0.00162 e. The Morgan fingerprint density at radius 1 is 0.905 bits per heavy atom. The molecule has 0 heterocycles. The van der Waals surface area contributed by atoms with Gasteiger partial charge in [0.25, 0.3) is 0 Å². The van der Waals surface area contributed by atoms with E-state index in [1.165, 1.54) is 32.4 Å². The normalized spacial score (nSPS) is 15.6. The Morgan fingerprint density at radius 2 is 1.33 bits per heavy atom. The van der Waals surface area contributed by atoms with Crippen LogP contribution in [0, 0.1) is 5.92 Å². The van der Waals surface area contributed by atoms with Gasteiger partial charge in [-0.3, -0.25) is 0 Å². The van der Waals surface area contributed by atoms with E-state index in [-0.39, 0.29) is 0 Å². The summed E-state index contributed by atoms with van der Waals surface area (Å²) in [6.45, 7) is 25.3. The number of allylic oxidation sites excluding steroid dienone is 2. The lowest BCUT2D eigenvalue weighted by Gasteiger charge is -2.18. The van der Waals surface area contributed by atoms with Gasteiger partial charge in [0.1, 0.15) is 0 Å². The predicted octanol–water partition coefficient (Wildman–Crippen LogP) is 7.18. The molecule has 1 aliphatic rings. The molecule has 0 aliphatic heterocycles. The molecule has 1 heteroatoms. The van der Waals surface area contributed by atoms with Gasteiger partial charge in [-0.15, -0.1) is 0 Å². The van der Waals surface area contributed by atoms with Gasteiger partial charge in [0, 0.05) is 0 Å². The lowest BCUT2D eigenvalue weighted by molar-refractivity contribution is 0.324. The average Bonchev–Trinajstić information content (AvgIpc) is 2.91. The summed E-state index contributed by atoms with van der Waals surface area (Å²) in [6, 6.07) is 0. The van der Waals surface area contributed by atoms with Gasteiger partial charge < -0.3 is 4.90 Å². The topological polar surface area (TPSA) is 3.24 Å². The number of hydrogen-bond donors (Lipinski definition) is 0. The van der Waals surface area contributed by atoms with Crippen LogP contribution in [0.5, 0.6) is 0 Å². The van der Waals surface area contributed by atoms with E-state index in [2.05, 4.69) is 32.7 Å². The molecule has 0 aromatic rings. The molecule has 0 saturated carbocycles. The summed E-state index contributed by atoms with van der Waals surface area (Å²) >= 11 is 0. The van der Waals surface area contributed by atoms with Crippen LogP contribution in [0.1, 0.15) is 95.4 Å². The third kappa shape index (κ3) is 15.9. The molecule has 0 fully saturated rings. The van der Waals surface area contributed by atoms with Gasteiger partial charge in [0.05, 0.1) is 0 Å². The van der Waals surface area contributed by atoms with Gasteiger partial charge in [-0.25, -0.2) is 0 Å². The SMILES string of the molecule is CC.CC.CC.CC.CCN(C)CCC1CCC(C)=C1C. The first-order valence-electron chi connectivity index (χ1n) is 9.50. The number of hydrogen-bond acceptors (Lipinski definition) is 1. The van der Waals surface area contributed by atoms with E-state index < -0.39 is 0 Å². The van der Waals surface area contributed by atoms with Crippen molar-refractivity contribution in [3.8, 4) is 0 Å². The van der Waals surface area contributed by atoms with Gasteiger partial charge in [-0.1, -0.05) is 73.5 Å². The van der Waals surface area contributed by atoms with Crippen LogP contribution in [0.25, 0.3) is 0 Å². The van der Waals surface area contributed by atoms with Crippen molar-refractivity contribution in [2.24, 2.45) is 5.92 Å². The van der Waals surface area contributed by atoms with Crippen LogP contribution in [0.2, 0.25) is 0 Å². The molecule has 1 nitrogen and oxygen atoms in total. The van der Waals surface area contributed by atoms with Crippen molar-refractivity contribution in [1.82, 2.24) is 4.90 Å². The highest BCUT2D eigenvalue weighted by Crippen LogP contribution is 2.33. The van der Waals surface area contributed by atoms with E-state index in [1.807, 2.05) is 55.4 Å². The maximum absolute atomic E-state index is 2.40. The smallest absolute Gasteiger partial charge is 0.00162 e. The van der Waals surface area contributed by atoms with Crippen LogP contribution in [0.15, 0.2) is 11.1 Å². The predicted molar refractivity (Wildman–Crippen MR) is 104 cm³/mol. The van der Waals surface area contributed by atoms with E-state index in [4.69, 9.17) is 0 Å². The summed E-state index contributed by atoms with van der Waals surface area (Å²) in [5, 5.41) is 0. The van der Waals surface area contributed by atoms with Crippen LogP contribution in [0.4, 0.5) is 0 Å². The molecular formula is C20H47N. The lowest BCUT2D eigenvalue weighted by atomic mass is 9.98. The Balaban J connectivity index is -0.000000156. The molecule has 21 heavy (non-hydrogen) atoms. The minimum atomic E-state index is 0.883. The third-order valence-electron chi connectivity index (χ3n) is 3.55. The Hall–Kier alpha value is -0.300. The highest BCUT2D eigenvalue weighted by atomic mass is 15.1.